The Kier molecular flexibility index (Phi) is 9.75. The summed E-state index contributed by atoms with van der Waals surface area (Å²) in [4.78, 5) is 28.2. The number of hydrogen-bond donors (Lipinski definition) is 1. The molecule has 0 saturated carbocycles. The van der Waals surface area contributed by atoms with E-state index in [4.69, 9.17) is 14.2 Å². The second-order valence-electron chi connectivity index (χ2n) is 9.07. The first-order valence-corrected chi connectivity index (χ1v) is 14.3. The minimum Gasteiger partial charge on any atom is -0.497 e. The molecule has 1 fully saturated rings. The van der Waals surface area contributed by atoms with Crippen LogP contribution >= 0.6 is 0 Å². The molecule has 212 valence electrons. The molecule has 4 rings (SSSR count). The molecule has 1 saturated heterocycles. The molecule has 1 aliphatic rings. The topological polar surface area (TPSA) is 114 Å². The number of ether oxygens (including phenoxy) is 3. The van der Waals surface area contributed by atoms with E-state index in [1.807, 2.05) is 30.3 Å². The zero-order valence-electron chi connectivity index (χ0n) is 22.5. The fourth-order valence-corrected chi connectivity index (χ4v) is 5.78. The van der Waals surface area contributed by atoms with E-state index in [0.29, 0.717) is 43.4 Å². The number of sulfonamides is 1. The van der Waals surface area contributed by atoms with Crippen molar-refractivity contribution in [1.29, 1.82) is 0 Å². The minimum absolute atomic E-state index is 0.137. The summed E-state index contributed by atoms with van der Waals surface area (Å²) in [6.45, 7) is 1.10. The molecule has 3 aromatic carbocycles. The van der Waals surface area contributed by atoms with Gasteiger partial charge in [-0.3, -0.25) is 9.59 Å². The Morgan fingerprint density at radius 2 is 1.57 bits per heavy atom. The number of rotatable bonds is 11. The summed E-state index contributed by atoms with van der Waals surface area (Å²) >= 11 is 0. The van der Waals surface area contributed by atoms with Crippen molar-refractivity contribution in [3.8, 4) is 11.5 Å². The third kappa shape index (κ3) is 6.98. The van der Waals surface area contributed by atoms with Crippen molar-refractivity contribution in [2.75, 3.05) is 47.1 Å². The number of benzene rings is 3. The summed E-state index contributed by atoms with van der Waals surface area (Å²) in [5.74, 6) is 0.244. The van der Waals surface area contributed by atoms with Crippen LogP contribution in [-0.2, 0) is 30.9 Å². The maximum Gasteiger partial charge on any atom is 0.261 e. The fraction of sp³-hybridized carbons (Fsp3) is 0.310. The van der Waals surface area contributed by atoms with Gasteiger partial charge in [0.25, 0.3) is 5.91 Å². The Balaban J connectivity index is 1.53. The van der Waals surface area contributed by atoms with Gasteiger partial charge in [0.2, 0.25) is 15.9 Å². The van der Waals surface area contributed by atoms with E-state index in [0.717, 1.165) is 5.56 Å². The molecule has 1 heterocycles. The fourth-order valence-electron chi connectivity index (χ4n) is 4.37. The molecular formula is C29H33N3O7S. The summed E-state index contributed by atoms with van der Waals surface area (Å²) in [5.41, 5.74) is 1.46. The molecule has 0 aliphatic carbocycles. The molecule has 0 unspecified atom stereocenters. The van der Waals surface area contributed by atoms with Crippen LogP contribution in [-0.4, -0.2) is 76.5 Å². The Labute approximate surface area is 234 Å². The molecule has 0 bridgehead atoms. The van der Waals surface area contributed by atoms with Crippen LogP contribution in [0.25, 0.3) is 0 Å². The van der Waals surface area contributed by atoms with Gasteiger partial charge in [0.05, 0.1) is 25.2 Å². The maximum absolute atomic E-state index is 13.6. The monoisotopic (exact) mass is 567 g/mol. The normalized spacial score (nSPS) is 14.7. The highest BCUT2D eigenvalue weighted by atomic mass is 32.2. The first-order chi connectivity index (χ1) is 19.3. The van der Waals surface area contributed by atoms with Crippen LogP contribution in [0.4, 0.5) is 0 Å². The van der Waals surface area contributed by atoms with Gasteiger partial charge >= 0.3 is 0 Å². The lowest BCUT2D eigenvalue weighted by Crippen LogP contribution is -2.44. The van der Waals surface area contributed by atoms with Crippen molar-refractivity contribution in [2.45, 2.75) is 17.5 Å². The Morgan fingerprint density at radius 1 is 0.950 bits per heavy atom. The highest BCUT2D eigenvalue weighted by molar-refractivity contribution is 7.89. The number of carbonyl (C=O) groups excluding carboxylic acids is 2. The number of hydrogen-bond acceptors (Lipinski definition) is 7. The van der Waals surface area contributed by atoms with Crippen LogP contribution in [0.3, 0.4) is 0 Å². The zero-order chi connectivity index (χ0) is 28.5. The summed E-state index contributed by atoms with van der Waals surface area (Å²) in [6, 6.07) is 21.3. The molecule has 1 aliphatic heterocycles. The van der Waals surface area contributed by atoms with Crippen LogP contribution in [0.5, 0.6) is 11.5 Å². The number of carbonyl (C=O) groups is 2. The first-order valence-electron chi connectivity index (χ1n) is 12.8. The highest BCUT2D eigenvalue weighted by Crippen LogP contribution is 2.26. The van der Waals surface area contributed by atoms with E-state index in [1.54, 1.807) is 31.4 Å². The van der Waals surface area contributed by atoms with Gasteiger partial charge < -0.3 is 24.4 Å². The van der Waals surface area contributed by atoms with Gasteiger partial charge in [-0.15, -0.1) is 0 Å². The van der Waals surface area contributed by atoms with E-state index in [-0.39, 0.29) is 24.0 Å². The van der Waals surface area contributed by atoms with E-state index in [1.165, 1.54) is 40.5 Å². The molecule has 1 atom stereocenters. The van der Waals surface area contributed by atoms with Gasteiger partial charge in [-0.1, -0.05) is 42.5 Å². The molecule has 40 heavy (non-hydrogen) atoms. The van der Waals surface area contributed by atoms with Crippen LogP contribution in [0.2, 0.25) is 0 Å². The van der Waals surface area contributed by atoms with Gasteiger partial charge in [-0.2, -0.15) is 4.31 Å². The predicted octanol–water partition coefficient (Wildman–Crippen LogP) is 2.61. The molecule has 0 radical (unpaired) electrons. The summed E-state index contributed by atoms with van der Waals surface area (Å²) in [6.07, 6.45) is 0. The van der Waals surface area contributed by atoms with E-state index >= 15 is 0 Å². The van der Waals surface area contributed by atoms with Crippen molar-refractivity contribution >= 4 is 21.8 Å². The van der Waals surface area contributed by atoms with Gasteiger partial charge in [0, 0.05) is 26.7 Å². The standard InChI is InChI=1S/C29H33N3O7S/c1-30-29(34)28(23-6-4-3-5-7-23)32(20-22-8-10-24(37-2)11-9-22)27(33)21-39-25-12-14-26(15-13-25)40(35,36)31-16-18-38-19-17-31/h3-15,28H,16-21H2,1-2H3,(H,30,34)/t28-/m1/s1. The number of methoxy groups -OCH3 is 1. The highest BCUT2D eigenvalue weighted by Gasteiger charge is 2.31. The van der Waals surface area contributed by atoms with E-state index in [2.05, 4.69) is 5.32 Å². The van der Waals surface area contributed by atoms with Crippen molar-refractivity contribution in [3.63, 3.8) is 0 Å². The zero-order valence-corrected chi connectivity index (χ0v) is 23.3. The second kappa shape index (κ2) is 13.4. The lowest BCUT2D eigenvalue weighted by molar-refractivity contribution is -0.143. The summed E-state index contributed by atoms with van der Waals surface area (Å²) in [7, 11) is -0.550. The third-order valence-electron chi connectivity index (χ3n) is 6.55. The van der Waals surface area contributed by atoms with E-state index in [9.17, 15) is 18.0 Å². The average molecular weight is 568 g/mol. The Bertz CT molecular complexity index is 1380. The van der Waals surface area contributed by atoms with E-state index < -0.39 is 22.0 Å². The number of nitrogens with zero attached hydrogens (tertiary/aromatic N) is 2. The van der Waals surface area contributed by atoms with Gasteiger partial charge in [0.1, 0.15) is 17.5 Å². The number of morpholine rings is 1. The van der Waals surface area contributed by atoms with Gasteiger partial charge in [-0.25, -0.2) is 8.42 Å². The second-order valence-corrected chi connectivity index (χ2v) is 11.0. The predicted molar refractivity (Wildman–Crippen MR) is 148 cm³/mol. The van der Waals surface area contributed by atoms with Crippen LogP contribution in [0, 0.1) is 0 Å². The lowest BCUT2D eigenvalue weighted by Gasteiger charge is -2.31. The number of nitrogens with one attached hydrogen (secondary N) is 1. The minimum atomic E-state index is -3.65. The van der Waals surface area contributed by atoms with Crippen molar-refractivity contribution in [1.82, 2.24) is 14.5 Å². The summed E-state index contributed by atoms with van der Waals surface area (Å²) in [5, 5.41) is 2.66. The van der Waals surface area contributed by atoms with Gasteiger partial charge in [0.15, 0.2) is 6.61 Å². The average Bonchev–Trinajstić information content (AvgIpc) is 3.01. The molecule has 10 nitrogen and oxygen atoms in total. The van der Waals surface area contributed by atoms with Gasteiger partial charge in [-0.05, 0) is 47.5 Å². The smallest absolute Gasteiger partial charge is 0.261 e. The molecule has 3 aromatic rings. The molecule has 11 heteroatoms. The van der Waals surface area contributed by atoms with Crippen LogP contribution in [0.15, 0.2) is 83.8 Å². The molecule has 2 amide bonds. The lowest BCUT2D eigenvalue weighted by atomic mass is 10.0. The number of likely N-dealkylation sites (N-methyl/N-ethyl adjacent to an activating group) is 1. The van der Waals surface area contributed by atoms with Crippen molar-refractivity contribution in [2.24, 2.45) is 0 Å². The molecule has 1 N–H and O–H groups in total. The SMILES string of the molecule is CNC(=O)[C@@H](c1ccccc1)N(Cc1ccc(OC)cc1)C(=O)COc1ccc(S(=O)(=O)N2CCOCC2)cc1. The third-order valence-corrected chi connectivity index (χ3v) is 8.46. The number of amides is 2. The van der Waals surface area contributed by atoms with Crippen LogP contribution < -0.4 is 14.8 Å². The Hall–Kier alpha value is -3.93. The largest absolute Gasteiger partial charge is 0.497 e. The maximum atomic E-state index is 13.6. The molecular weight excluding hydrogens is 534 g/mol. The quantitative estimate of drug-likeness (QED) is 0.379. The summed E-state index contributed by atoms with van der Waals surface area (Å²) < 4.78 is 43.4. The molecule has 0 aromatic heterocycles. The van der Waals surface area contributed by atoms with Crippen molar-refractivity contribution in [3.05, 3.63) is 90.0 Å². The first kappa shape index (κ1) is 29.1. The van der Waals surface area contributed by atoms with Crippen LogP contribution in [0.1, 0.15) is 17.2 Å². The molecule has 0 spiro atoms. The Morgan fingerprint density at radius 3 is 2.17 bits per heavy atom. The van der Waals surface area contributed by atoms with Crippen molar-refractivity contribution < 1.29 is 32.2 Å².